The van der Waals surface area contributed by atoms with Gasteiger partial charge in [0.05, 0.1) is 18.2 Å². The topological polar surface area (TPSA) is 78.9 Å². The van der Waals surface area contributed by atoms with Crippen molar-refractivity contribution in [3.8, 4) is 11.5 Å². The van der Waals surface area contributed by atoms with Crippen LogP contribution in [0.1, 0.15) is 29.3 Å². The summed E-state index contributed by atoms with van der Waals surface area (Å²) in [6.07, 6.45) is -4.25. The lowest BCUT2D eigenvalue weighted by Crippen LogP contribution is -2.42. The van der Waals surface area contributed by atoms with Crippen molar-refractivity contribution >= 4 is 11.9 Å². The van der Waals surface area contributed by atoms with Crippen molar-refractivity contribution < 1.29 is 32.6 Å². The van der Waals surface area contributed by atoms with Gasteiger partial charge < -0.3 is 15.2 Å². The molecule has 9 heteroatoms. The largest absolute Gasteiger partial charge is 0.504 e. The Morgan fingerprint density at radius 3 is 2.43 bits per heavy atom. The molecule has 0 fully saturated rings. The Morgan fingerprint density at radius 1 is 1.35 bits per heavy atom. The van der Waals surface area contributed by atoms with Gasteiger partial charge in [-0.3, -0.25) is 9.69 Å². The quantitative estimate of drug-likeness (QED) is 0.887. The van der Waals surface area contributed by atoms with Gasteiger partial charge in [-0.05, 0) is 18.6 Å². The Morgan fingerprint density at radius 2 is 1.96 bits per heavy atom. The van der Waals surface area contributed by atoms with E-state index in [1.54, 1.807) is 6.92 Å². The minimum atomic E-state index is -4.85. The maximum atomic E-state index is 13.1. The number of methoxy groups -OCH3 is 1. The van der Waals surface area contributed by atoms with Crippen molar-refractivity contribution in [1.29, 1.82) is 0 Å². The maximum absolute atomic E-state index is 13.1. The third kappa shape index (κ3) is 4.27. The molecule has 0 saturated heterocycles. The number of urea groups is 1. The summed E-state index contributed by atoms with van der Waals surface area (Å²) in [5, 5.41) is 12.0. The average Bonchev–Trinajstić information content (AvgIpc) is 2.49. The fourth-order valence-electron chi connectivity index (χ4n) is 1.77. The summed E-state index contributed by atoms with van der Waals surface area (Å²) in [5.74, 6) is -2.25. The number of benzene rings is 1. The standard InChI is InChI=1S/C14H17F3N2O4/c1-4-5-18-13(22)19(2)12(21)8-6-10(20)11(23-3)7-9(8)14(15,16)17/h6-7,20H,4-5H2,1-3H3,(H,18,22). The van der Waals surface area contributed by atoms with E-state index in [2.05, 4.69) is 10.1 Å². The molecule has 0 heterocycles. The van der Waals surface area contributed by atoms with Gasteiger partial charge in [0.25, 0.3) is 5.91 Å². The fourth-order valence-corrected chi connectivity index (χ4v) is 1.77. The van der Waals surface area contributed by atoms with Crippen LogP contribution in [0.2, 0.25) is 0 Å². The SMILES string of the molecule is CCCNC(=O)N(C)C(=O)c1cc(O)c(OC)cc1C(F)(F)F. The van der Waals surface area contributed by atoms with Crippen LogP contribution < -0.4 is 10.1 Å². The summed E-state index contributed by atoms with van der Waals surface area (Å²) in [7, 11) is 2.13. The van der Waals surface area contributed by atoms with Crippen LogP contribution in [-0.4, -0.2) is 42.6 Å². The number of amides is 3. The molecule has 0 unspecified atom stereocenters. The highest BCUT2D eigenvalue weighted by Crippen LogP contribution is 2.39. The summed E-state index contributed by atoms with van der Waals surface area (Å²) in [6.45, 7) is 2.06. The zero-order valence-corrected chi connectivity index (χ0v) is 12.8. The molecule has 0 radical (unpaired) electrons. The molecule has 1 rings (SSSR count). The molecule has 128 valence electrons. The van der Waals surface area contributed by atoms with E-state index in [1.807, 2.05) is 0 Å². The highest BCUT2D eigenvalue weighted by molar-refractivity contribution is 6.05. The van der Waals surface area contributed by atoms with Crippen LogP contribution in [0.5, 0.6) is 11.5 Å². The minimum Gasteiger partial charge on any atom is -0.504 e. The van der Waals surface area contributed by atoms with Crippen LogP contribution >= 0.6 is 0 Å². The normalized spacial score (nSPS) is 11.0. The monoisotopic (exact) mass is 334 g/mol. The van der Waals surface area contributed by atoms with E-state index < -0.39 is 40.7 Å². The molecule has 1 aromatic rings. The lowest BCUT2D eigenvalue weighted by molar-refractivity contribution is -0.138. The van der Waals surface area contributed by atoms with Gasteiger partial charge >= 0.3 is 12.2 Å². The van der Waals surface area contributed by atoms with Crippen molar-refractivity contribution in [3.63, 3.8) is 0 Å². The zero-order valence-electron chi connectivity index (χ0n) is 12.8. The molecule has 1 aromatic carbocycles. The van der Waals surface area contributed by atoms with E-state index in [0.29, 0.717) is 23.5 Å². The number of imide groups is 1. The van der Waals surface area contributed by atoms with Gasteiger partial charge in [0.15, 0.2) is 11.5 Å². The number of nitrogens with zero attached hydrogens (tertiary/aromatic N) is 1. The summed E-state index contributed by atoms with van der Waals surface area (Å²) in [5.41, 5.74) is -2.14. The third-order valence-electron chi connectivity index (χ3n) is 2.99. The number of phenols is 1. The molecule has 0 aromatic heterocycles. The van der Waals surface area contributed by atoms with Gasteiger partial charge in [-0.2, -0.15) is 13.2 Å². The highest BCUT2D eigenvalue weighted by atomic mass is 19.4. The van der Waals surface area contributed by atoms with Gasteiger partial charge in [0.2, 0.25) is 0 Å². The average molecular weight is 334 g/mol. The molecule has 0 aliphatic rings. The Kier molecular flexibility index (Phi) is 5.83. The zero-order chi connectivity index (χ0) is 17.8. The van der Waals surface area contributed by atoms with Crippen molar-refractivity contribution in [2.75, 3.05) is 20.7 Å². The number of halogens is 3. The molecule has 6 nitrogen and oxygen atoms in total. The first-order valence-corrected chi connectivity index (χ1v) is 6.67. The van der Waals surface area contributed by atoms with Crippen molar-refractivity contribution in [2.45, 2.75) is 19.5 Å². The van der Waals surface area contributed by atoms with Gasteiger partial charge in [0, 0.05) is 13.6 Å². The molecular formula is C14H17F3N2O4. The van der Waals surface area contributed by atoms with E-state index in [-0.39, 0.29) is 6.54 Å². The van der Waals surface area contributed by atoms with Crippen LogP contribution in [0.15, 0.2) is 12.1 Å². The molecule has 0 aliphatic carbocycles. The van der Waals surface area contributed by atoms with Crippen molar-refractivity contribution in [2.24, 2.45) is 0 Å². The number of ether oxygens (including phenoxy) is 1. The maximum Gasteiger partial charge on any atom is 0.417 e. The van der Waals surface area contributed by atoms with E-state index in [4.69, 9.17) is 0 Å². The Hall–Kier alpha value is -2.45. The second-order valence-electron chi connectivity index (χ2n) is 4.66. The predicted molar refractivity (Wildman–Crippen MR) is 75.4 cm³/mol. The molecule has 0 bridgehead atoms. The number of aromatic hydroxyl groups is 1. The first-order chi connectivity index (χ1) is 10.6. The van der Waals surface area contributed by atoms with Crippen LogP contribution in [0.4, 0.5) is 18.0 Å². The number of phenolic OH excluding ortho intramolecular Hbond substituents is 1. The van der Waals surface area contributed by atoms with Crippen molar-refractivity contribution in [3.05, 3.63) is 23.3 Å². The van der Waals surface area contributed by atoms with Gasteiger partial charge in [-0.15, -0.1) is 0 Å². The number of nitrogens with one attached hydrogen (secondary N) is 1. The summed E-state index contributed by atoms with van der Waals surface area (Å²) in [6, 6.07) is 0.314. The number of rotatable bonds is 4. The highest BCUT2D eigenvalue weighted by Gasteiger charge is 2.38. The second kappa shape index (κ2) is 7.21. The van der Waals surface area contributed by atoms with Crippen LogP contribution in [0.3, 0.4) is 0 Å². The molecule has 3 amide bonds. The fraction of sp³-hybridized carbons (Fsp3) is 0.429. The molecule has 0 spiro atoms. The molecule has 23 heavy (non-hydrogen) atoms. The van der Waals surface area contributed by atoms with Gasteiger partial charge in [-0.25, -0.2) is 4.79 Å². The number of alkyl halides is 3. The van der Waals surface area contributed by atoms with Crippen LogP contribution in [0.25, 0.3) is 0 Å². The number of carbonyl (C=O) groups is 2. The van der Waals surface area contributed by atoms with E-state index in [0.717, 1.165) is 14.2 Å². The second-order valence-corrected chi connectivity index (χ2v) is 4.66. The van der Waals surface area contributed by atoms with E-state index in [9.17, 15) is 27.9 Å². The summed E-state index contributed by atoms with van der Waals surface area (Å²) in [4.78, 5) is 24.4. The van der Waals surface area contributed by atoms with Gasteiger partial charge in [-0.1, -0.05) is 6.92 Å². The van der Waals surface area contributed by atoms with Crippen LogP contribution in [0, 0.1) is 0 Å². The summed E-state index contributed by atoms with van der Waals surface area (Å²) >= 11 is 0. The molecular weight excluding hydrogens is 317 g/mol. The lowest BCUT2D eigenvalue weighted by Gasteiger charge is -2.20. The molecule has 0 atom stereocenters. The Balaban J connectivity index is 3.27. The van der Waals surface area contributed by atoms with Gasteiger partial charge in [0.1, 0.15) is 0 Å². The Labute approximate surface area is 130 Å². The predicted octanol–water partition coefficient (Wildman–Crippen LogP) is 2.61. The first kappa shape index (κ1) is 18.6. The number of hydrogen-bond acceptors (Lipinski definition) is 4. The third-order valence-corrected chi connectivity index (χ3v) is 2.99. The van der Waals surface area contributed by atoms with Crippen LogP contribution in [-0.2, 0) is 6.18 Å². The van der Waals surface area contributed by atoms with E-state index in [1.165, 1.54) is 0 Å². The molecule has 0 aliphatic heterocycles. The van der Waals surface area contributed by atoms with E-state index >= 15 is 0 Å². The van der Waals surface area contributed by atoms with Crippen molar-refractivity contribution in [1.82, 2.24) is 10.2 Å². The minimum absolute atomic E-state index is 0.274. The number of hydrogen-bond donors (Lipinski definition) is 2. The first-order valence-electron chi connectivity index (χ1n) is 6.67. The molecule has 2 N–H and O–H groups in total. The molecule has 0 saturated carbocycles. The Bertz CT molecular complexity index is 602. The smallest absolute Gasteiger partial charge is 0.417 e. The summed E-state index contributed by atoms with van der Waals surface area (Å²) < 4.78 is 44.0. The lowest BCUT2D eigenvalue weighted by atomic mass is 10.0. The number of carbonyl (C=O) groups excluding carboxylic acids is 2.